The van der Waals surface area contributed by atoms with Crippen LogP contribution in [0.5, 0.6) is 5.75 Å². The summed E-state index contributed by atoms with van der Waals surface area (Å²) in [4.78, 5) is 16.4. The summed E-state index contributed by atoms with van der Waals surface area (Å²) in [5.74, 6) is 1.84. The minimum Gasteiger partial charge on any atom is -0.484 e. The van der Waals surface area contributed by atoms with E-state index in [1.54, 1.807) is 24.3 Å². The zero-order chi connectivity index (χ0) is 20.8. The van der Waals surface area contributed by atoms with Gasteiger partial charge in [-0.05, 0) is 67.3 Å². The Morgan fingerprint density at radius 3 is 2.50 bits per heavy atom. The van der Waals surface area contributed by atoms with Crippen molar-refractivity contribution in [2.45, 2.75) is 12.8 Å². The number of hydrogen-bond acceptors (Lipinski definition) is 6. The van der Waals surface area contributed by atoms with Gasteiger partial charge >= 0.3 is 0 Å². The Hall–Kier alpha value is -2.90. The summed E-state index contributed by atoms with van der Waals surface area (Å²) in [7, 11) is 0. The van der Waals surface area contributed by atoms with E-state index in [0.717, 1.165) is 37.2 Å². The largest absolute Gasteiger partial charge is 0.484 e. The smallest absolute Gasteiger partial charge is 0.258 e. The lowest BCUT2D eigenvalue weighted by atomic mass is 10.0. The van der Waals surface area contributed by atoms with E-state index in [-0.39, 0.29) is 12.5 Å². The van der Waals surface area contributed by atoms with Crippen LogP contribution in [-0.2, 0) is 9.53 Å². The SMILES string of the molecule is O=C(COc1ccc(-c2noc(-c3ccc(Cl)cc3)n2)cc1)NCC1CCOCC1. The number of amides is 1. The molecule has 0 spiro atoms. The first kappa shape index (κ1) is 20.4. The quantitative estimate of drug-likeness (QED) is 0.613. The highest BCUT2D eigenvalue weighted by Gasteiger charge is 2.15. The van der Waals surface area contributed by atoms with Crippen LogP contribution in [0.15, 0.2) is 53.1 Å². The number of carbonyl (C=O) groups excluding carboxylic acids is 1. The number of hydrogen-bond donors (Lipinski definition) is 1. The molecule has 0 unspecified atom stereocenters. The molecule has 1 fully saturated rings. The van der Waals surface area contributed by atoms with Gasteiger partial charge < -0.3 is 19.3 Å². The molecule has 1 amide bonds. The fourth-order valence-corrected chi connectivity index (χ4v) is 3.29. The molecule has 3 aromatic rings. The molecule has 4 rings (SSSR count). The monoisotopic (exact) mass is 427 g/mol. The molecule has 1 aliphatic heterocycles. The van der Waals surface area contributed by atoms with Gasteiger partial charge in [-0.25, -0.2) is 0 Å². The van der Waals surface area contributed by atoms with E-state index >= 15 is 0 Å². The van der Waals surface area contributed by atoms with E-state index in [4.69, 9.17) is 25.6 Å². The minimum absolute atomic E-state index is 0.0223. The molecule has 0 atom stereocenters. The van der Waals surface area contributed by atoms with Crippen molar-refractivity contribution in [2.75, 3.05) is 26.4 Å². The Labute approximate surface area is 179 Å². The Morgan fingerprint density at radius 2 is 1.77 bits per heavy atom. The van der Waals surface area contributed by atoms with Crippen molar-refractivity contribution in [3.05, 3.63) is 53.6 Å². The molecule has 2 aromatic carbocycles. The average molecular weight is 428 g/mol. The first-order valence-corrected chi connectivity index (χ1v) is 10.2. The van der Waals surface area contributed by atoms with Crippen molar-refractivity contribution >= 4 is 17.5 Å². The summed E-state index contributed by atoms with van der Waals surface area (Å²) < 4.78 is 16.2. The maximum Gasteiger partial charge on any atom is 0.258 e. The first-order chi connectivity index (χ1) is 14.7. The second-order valence-electron chi connectivity index (χ2n) is 7.10. The van der Waals surface area contributed by atoms with Crippen LogP contribution in [0.2, 0.25) is 5.02 Å². The molecule has 0 saturated carbocycles. The fourth-order valence-electron chi connectivity index (χ4n) is 3.16. The summed E-state index contributed by atoms with van der Waals surface area (Å²) in [6, 6.07) is 14.4. The number of aromatic nitrogens is 2. The molecule has 0 bridgehead atoms. The molecule has 1 N–H and O–H groups in total. The highest BCUT2D eigenvalue weighted by molar-refractivity contribution is 6.30. The molecule has 8 heteroatoms. The van der Waals surface area contributed by atoms with Crippen molar-refractivity contribution in [1.82, 2.24) is 15.5 Å². The van der Waals surface area contributed by atoms with E-state index in [0.29, 0.717) is 34.9 Å². The summed E-state index contributed by atoms with van der Waals surface area (Å²) in [5, 5.41) is 7.59. The van der Waals surface area contributed by atoms with Gasteiger partial charge in [-0.3, -0.25) is 4.79 Å². The number of carbonyl (C=O) groups is 1. The van der Waals surface area contributed by atoms with Gasteiger partial charge in [-0.2, -0.15) is 4.98 Å². The van der Waals surface area contributed by atoms with E-state index < -0.39 is 0 Å². The number of nitrogens with zero attached hydrogens (tertiary/aromatic N) is 2. The average Bonchev–Trinajstić information content (AvgIpc) is 3.28. The van der Waals surface area contributed by atoms with E-state index in [2.05, 4.69) is 15.5 Å². The predicted molar refractivity (Wildman–Crippen MR) is 112 cm³/mol. The van der Waals surface area contributed by atoms with E-state index in [9.17, 15) is 4.79 Å². The second kappa shape index (κ2) is 9.73. The molecule has 2 heterocycles. The van der Waals surface area contributed by atoms with E-state index in [1.165, 1.54) is 0 Å². The van der Waals surface area contributed by atoms with Crippen LogP contribution >= 0.6 is 11.6 Å². The number of halogens is 1. The Balaban J connectivity index is 1.28. The normalized spacial score (nSPS) is 14.4. The number of rotatable bonds is 7. The lowest BCUT2D eigenvalue weighted by Crippen LogP contribution is -2.35. The van der Waals surface area contributed by atoms with Crippen LogP contribution in [-0.4, -0.2) is 42.4 Å². The van der Waals surface area contributed by atoms with Gasteiger partial charge in [0.05, 0.1) is 0 Å². The molecular weight excluding hydrogens is 406 g/mol. The van der Waals surface area contributed by atoms with E-state index in [1.807, 2.05) is 24.3 Å². The molecule has 1 aromatic heterocycles. The zero-order valence-corrected chi connectivity index (χ0v) is 17.1. The van der Waals surface area contributed by atoms with Gasteiger partial charge in [0.15, 0.2) is 6.61 Å². The highest BCUT2D eigenvalue weighted by Crippen LogP contribution is 2.25. The maximum absolute atomic E-state index is 12.0. The van der Waals surface area contributed by atoms with Crippen LogP contribution in [0.4, 0.5) is 0 Å². The molecule has 0 aliphatic carbocycles. The van der Waals surface area contributed by atoms with Crippen LogP contribution < -0.4 is 10.1 Å². The molecular formula is C22H22ClN3O4. The molecule has 30 heavy (non-hydrogen) atoms. The first-order valence-electron chi connectivity index (χ1n) is 9.85. The third-order valence-electron chi connectivity index (χ3n) is 4.93. The predicted octanol–water partition coefficient (Wildman–Crippen LogP) is 3.98. The fraction of sp³-hybridized carbons (Fsp3) is 0.318. The summed E-state index contributed by atoms with van der Waals surface area (Å²) in [6.45, 7) is 2.18. The van der Waals surface area contributed by atoms with Gasteiger partial charge in [0.25, 0.3) is 11.8 Å². The van der Waals surface area contributed by atoms with Gasteiger partial charge in [0.2, 0.25) is 5.82 Å². The Kier molecular flexibility index (Phi) is 6.61. The molecule has 1 aliphatic rings. The van der Waals surface area contributed by atoms with Crippen molar-refractivity contribution in [3.8, 4) is 28.6 Å². The lowest BCUT2D eigenvalue weighted by molar-refractivity contribution is -0.123. The topological polar surface area (TPSA) is 86.5 Å². The third kappa shape index (κ3) is 5.37. The summed E-state index contributed by atoms with van der Waals surface area (Å²) >= 11 is 5.91. The molecule has 7 nitrogen and oxygen atoms in total. The zero-order valence-electron chi connectivity index (χ0n) is 16.3. The van der Waals surface area contributed by atoms with Gasteiger partial charge in [-0.1, -0.05) is 16.8 Å². The third-order valence-corrected chi connectivity index (χ3v) is 5.18. The van der Waals surface area contributed by atoms with Gasteiger partial charge in [0, 0.05) is 35.9 Å². The van der Waals surface area contributed by atoms with Crippen molar-refractivity contribution in [1.29, 1.82) is 0 Å². The molecule has 156 valence electrons. The van der Waals surface area contributed by atoms with Crippen molar-refractivity contribution in [2.24, 2.45) is 5.92 Å². The van der Waals surface area contributed by atoms with Gasteiger partial charge in [0.1, 0.15) is 5.75 Å². The lowest BCUT2D eigenvalue weighted by Gasteiger charge is -2.22. The summed E-state index contributed by atoms with van der Waals surface area (Å²) in [6.07, 6.45) is 1.97. The van der Waals surface area contributed by atoms with Crippen LogP contribution in [0.1, 0.15) is 12.8 Å². The number of benzene rings is 2. The Bertz CT molecular complexity index is 967. The number of nitrogens with one attached hydrogen (secondary N) is 1. The van der Waals surface area contributed by atoms with Crippen LogP contribution in [0.3, 0.4) is 0 Å². The number of ether oxygens (including phenoxy) is 2. The van der Waals surface area contributed by atoms with Crippen LogP contribution in [0.25, 0.3) is 22.8 Å². The summed E-state index contributed by atoms with van der Waals surface area (Å²) in [5.41, 5.74) is 1.58. The van der Waals surface area contributed by atoms with Crippen molar-refractivity contribution < 1.29 is 18.8 Å². The Morgan fingerprint density at radius 1 is 1.07 bits per heavy atom. The molecule has 0 radical (unpaired) electrons. The minimum atomic E-state index is -0.128. The van der Waals surface area contributed by atoms with Crippen LogP contribution in [0, 0.1) is 5.92 Å². The highest BCUT2D eigenvalue weighted by atomic mass is 35.5. The van der Waals surface area contributed by atoms with Crippen molar-refractivity contribution in [3.63, 3.8) is 0 Å². The van der Waals surface area contributed by atoms with Gasteiger partial charge in [-0.15, -0.1) is 0 Å². The second-order valence-corrected chi connectivity index (χ2v) is 7.54. The maximum atomic E-state index is 12.0. The molecule has 1 saturated heterocycles. The standard InChI is InChI=1S/C22H22ClN3O4/c23-18-5-1-17(2-6-18)22-25-21(26-30-22)16-3-7-19(8-4-16)29-14-20(27)24-13-15-9-11-28-12-10-15/h1-8,15H,9-14H2,(H,24,27).